The summed E-state index contributed by atoms with van der Waals surface area (Å²) in [5.41, 5.74) is 0. The molecule has 458 valence electrons. The number of Topliss-reactive ketones (excluding diaryl/α,β-unsaturated/α-hetero) is 2. The highest BCUT2D eigenvalue weighted by Crippen LogP contribution is 3.09. The molecule has 2 aliphatic rings. The zero-order chi connectivity index (χ0) is 60.6. The van der Waals surface area contributed by atoms with Crippen molar-refractivity contribution in [2.45, 2.75) is 52.4 Å². The number of hydrogen-bond acceptors (Lipinski definition) is 38. The Morgan fingerprint density at radius 3 is 1.61 bits per heavy atom. The second kappa shape index (κ2) is 44.1. The molecule has 0 aromatic carbocycles. The van der Waals surface area contributed by atoms with Crippen molar-refractivity contribution in [1.82, 2.24) is 0 Å². The predicted molar refractivity (Wildman–Crippen MR) is 437 cm³/mol. The maximum atomic E-state index is 12.0. The van der Waals surface area contributed by atoms with Crippen molar-refractivity contribution >= 4 is 428 Å². The van der Waals surface area contributed by atoms with Crippen LogP contribution in [0.5, 0.6) is 0 Å². The van der Waals surface area contributed by atoms with Crippen LogP contribution >= 0.6 is 214 Å². The molecule has 12 atom stereocenters. The van der Waals surface area contributed by atoms with Crippen molar-refractivity contribution in [2.24, 2.45) is 0 Å². The van der Waals surface area contributed by atoms with Gasteiger partial charge in [0.2, 0.25) is 0 Å². The molecular formula is C20H49B3O14P12S28-8. The lowest BCUT2D eigenvalue weighted by Gasteiger charge is -2.41. The summed E-state index contributed by atoms with van der Waals surface area (Å²) in [7, 11) is -0.963. The van der Waals surface area contributed by atoms with Gasteiger partial charge in [-0.15, -0.1) is 82.4 Å². The minimum Gasteiger partial charge on any atom is -0.806 e. The van der Waals surface area contributed by atoms with Gasteiger partial charge in [0, 0.05) is 47.7 Å². The Kier molecular flexibility index (Phi) is 52.2. The van der Waals surface area contributed by atoms with Gasteiger partial charge in [0.1, 0.15) is 59.5 Å². The standard InChI is InChI=1S/C8H18BO4P3S7.C8H15O4P3S7.2C2H11BO3P3S7/c1-2-7(10)3-4-8(11)12-5-6-13-14(9)21-15(17,18)23-16(19,20)22-14;1-2-7(9)3-4-8(10)11-5-6-12-13-20-14(16,17)22-15(18,19)21-13;3-7(10,6-2-1-4)15-9(13,14)16-8(5,11)12;3-7(5,6-2-1-4)15-9(13,14)16-8(10,11)12/h2-6H2,1,9H3,(H,17,18)(H,19,20);2-6H2,1H3,(H,16,17)(H,18,19);4H,1-2H2,3H3,(H,13,14)(H2,5,11,12);4H,1-2H2,3H3,(H,13,14)(H2,10,11,12)/q;;2*-1/p-6. The normalized spacial score (nSPS) is 28.8. The van der Waals surface area contributed by atoms with Crippen molar-refractivity contribution in [3.05, 3.63) is 0 Å². The van der Waals surface area contributed by atoms with Crippen molar-refractivity contribution in [3.8, 4) is 0 Å². The summed E-state index contributed by atoms with van der Waals surface area (Å²) in [6.45, 7) is 0.943. The lowest BCUT2D eigenvalue weighted by molar-refractivity contribution is -0.178. The third-order valence-corrected chi connectivity index (χ3v) is 140. The molecule has 2 aliphatic heterocycles. The molecule has 2 rings (SSSR count). The number of thiol groups is 4. The lowest BCUT2D eigenvalue weighted by atomic mass is 10.2. The fourth-order valence-electron chi connectivity index (χ4n) is 3.01. The predicted octanol–water partition coefficient (Wildman–Crippen LogP) is 12.8. The molecule has 0 aliphatic carbocycles. The smallest absolute Gasteiger partial charge is 0.306 e. The molecule has 0 bridgehead atoms. The number of carbonyl (C=O) groups excluding carboxylic acids is 4. The number of aliphatic hydroxyl groups excluding tert-OH is 2. The van der Waals surface area contributed by atoms with Crippen LogP contribution < -0.4 is 9.79 Å². The average molecular weight is 1820 g/mol. The minimum absolute atomic E-state index is 0.0555. The highest BCUT2D eigenvalue weighted by atomic mass is 33.9. The molecule has 77 heavy (non-hydrogen) atoms. The van der Waals surface area contributed by atoms with E-state index in [-0.39, 0.29) is 111 Å². The lowest BCUT2D eigenvalue weighted by Crippen LogP contribution is -2.11. The van der Waals surface area contributed by atoms with Gasteiger partial charge in [-0.1, -0.05) is 131 Å². The zero-order valence-electron chi connectivity index (χ0n) is 36.6. The van der Waals surface area contributed by atoms with Crippen molar-refractivity contribution < 1.29 is 66.7 Å². The third-order valence-electron chi connectivity index (χ3n) is 5.49. The fraction of sp³-hybridized carbons (Fsp3) is 0.800. The van der Waals surface area contributed by atoms with Crippen LogP contribution in [-0.2, 0) is 215 Å². The number of ketones is 2. The van der Waals surface area contributed by atoms with Gasteiger partial charge in [0.15, 0.2) is 21.7 Å². The third kappa shape index (κ3) is 54.8. The molecule has 0 aromatic heterocycles. The molecule has 2 fully saturated rings. The van der Waals surface area contributed by atoms with Gasteiger partial charge in [0.05, 0.1) is 49.4 Å². The first kappa shape index (κ1) is 91.1. The van der Waals surface area contributed by atoms with Crippen LogP contribution in [0, 0.1) is 0 Å². The monoisotopic (exact) mass is 1810 g/mol. The summed E-state index contributed by atoms with van der Waals surface area (Å²) in [4.78, 5) is 68.6. The van der Waals surface area contributed by atoms with E-state index in [0.29, 0.717) is 19.4 Å². The van der Waals surface area contributed by atoms with Gasteiger partial charge in [0.25, 0.3) is 0 Å². The molecule has 57 heteroatoms. The number of esters is 2. The summed E-state index contributed by atoms with van der Waals surface area (Å²) in [5.74, 6) is -4.26. The second-order valence-electron chi connectivity index (χ2n) is 11.4. The van der Waals surface area contributed by atoms with Gasteiger partial charge in [-0.3, -0.25) is 32.7 Å². The van der Waals surface area contributed by atoms with Crippen molar-refractivity contribution in [2.75, 3.05) is 52.9 Å². The summed E-state index contributed by atoms with van der Waals surface area (Å²) in [6.07, 6.45) is 1.60. The Labute approximate surface area is 590 Å². The molecule has 0 radical (unpaired) electrons. The van der Waals surface area contributed by atoms with Crippen molar-refractivity contribution in [3.63, 3.8) is 0 Å². The van der Waals surface area contributed by atoms with Gasteiger partial charge < -0.3 is 107 Å². The van der Waals surface area contributed by atoms with Crippen LogP contribution in [0.25, 0.3) is 0 Å². The fourth-order valence-corrected chi connectivity index (χ4v) is 227. The van der Waals surface area contributed by atoms with E-state index in [2.05, 4.69) is 49.0 Å². The van der Waals surface area contributed by atoms with E-state index in [1.807, 2.05) is 0 Å². The Balaban J connectivity index is 0. The van der Waals surface area contributed by atoms with Gasteiger partial charge >= 0.3 is 11.9 Å². The van der Waals surface area contributed by atoms with E-state index >= 15 is 0 Å². The van der Waals surface area contributed by atoms with Crippen LogP contribution in [0.3, 0.4) is 0 Å². The maximum absolute atomic E-state index is 12.0. The summed E-state index contributed by atoms with van der Waals surface area (Å²) in [6, 6.07) is 0. The molecule has 0 aromatic rings. The highest BCUT2D eigenvalue weighted by Gasteiger charge is 2.45. The number of carbonyl (C=O) groups is 4. The largest absolute Gasteiger partial charge is 0.806 e. The van der Waals surface area contributed by atoms with Gasteiger partial charge in [-0.25, -0.2) is 0 Å². The molecule has 0 saturated carbocycles. The topological polar surface area (TPSA) is 210 Å². The van der Waals surface area contributed by atoms with Gasteiger partial charge in [-0.05, 0) is 44.4 Å². The van der Waals surface area contributed by atoms with Crippen LogP contribution in [0.15, 0.2) is 0 Å². The molecule has 2 saturated heterocycles. The van der Waals surface area contributed by atoms with E-state index in [1.54, 1.807) is 35.9 Å². The first-order valence-electron chi connectivity index (χ1n) is 18.2. The summed E-state index contributed by atoms with van der Waals surface area (Å²) < 4.78 is 14.6. The maximum Gasteiger partial charge on any atom is 0.306 e. The van der Waals surface area contributed by atoms with E-state index in [9.17, 15) is 29.0 Å². The van der Waals surface area contributed by atoms with Crippen LogP contribution in [0.1, 0.15) is 52.4 Å². The molecule has 2 N–H and O–H groups in total. The van der Waals surface area contributed by atoms with E-state index in [0.717, 1.165) is 33.0 Å². The first-order valence-corrected chi connectivity index (χ1v) is 76.5. The first-order chi connectivity index (χ1) is 34.6. The van der Waals surface area contributed by atoms with Gasteiger partial charge in [-0.2, -0.15) is 12.2 Å². The zero-order valence-corrected chi connectivity index (χ0v) is 70.6. The Morgan fingerprint density at radius 1 is 0.727 bits per heavy atom. The van der Waals surface area contributed by atoms with Crippen LogP contribution in [0.4, 0.5) is 0 Å². The molecule has 14 nitrogen and oxygen atoms in total. The highest BCUT2D eigenvalue weighted by molar-refractivity contribution is 9.57. The number of ether oxygens (including phenoxy) is 2. The van der Waals surface area contributed by atoms with Crippen LogP contribution in [0.2, 0.25) is 0 Å². The molecule has 0 spiro atoms. The minimum atomic E-state index is -2.99. The second-order valence-corrected chi connectivity index (χ2v) is 135. The number of rotatable bonds is 30. The summed E-state index contributed by atoms with van der Waals surface area (Å²) >= 11 is 104. The number of hydrogen-bond donors (Lipinski definition) is 6. The van der Waals surface area contributed by atoms with Crippen LogP contribution in [-0.4, -0.2) is 109 Å². The summed E-state index contributed by atoms with van der Waals surface area (Å²) in [5, 5.41) is 17.3. The Morgan fingerprint density at radius 2 is 1.18 bits per heavy atom. The average Bonchev–Trinajstić information content (AvgIpc) is 3.19. The number of aliphatic hydroxyl groups is 2. The quantitative estimate of drug-likeness (QED) is 0.00986. The van der Waals surface area contributed by atoms with Crippen molar-refractivity contribution in [1.29, 1.82) is 0 Å². The van der Waals surface area contributed by atoms with E-state index in [4.69, 9.17) is 206 Å². The SMILES string of the molecule is CCC(=O)CCC(=O)OCCOP1SP(=S)([S-])SP(=S)(S)S1.[BH3-][P+]([O-])(OCCO)SP(=S)([S-])SP(=S)([S-])S.[BH3-][P+]([S-])(OCCO)SP(=S)([S-])SP([O-])(=S)S.[BH3-][P+]1(OCCOC(=O)CCC(=O)CC)SP(=S)([S-])SP(=S)(S)S1. The molecular weight excluding hydrogens is 1770 g/mol. The molecule has 0 amide bonds. The Hall–Kier alpha value is 12.1. The Bertz CT molecular complexity index is 2220. The van der Waals surface area contributed by atoms with E-state index in [1.165, 1.54) is 55.0 Å². The van der Waals surface area contributed by atoms with E-state index < -0.39 is 62.6 Å². The molecule has 12 unspecified atom stereocenters. The molecule has 2 heterocycles.